The van der Waals surface area contributed by atoms with Crippen LogP contribution >= 0.6 is 0 Å². The van der Waals surface area contributed by atoms with Crippen LogP contribution in [0.5, 0.6) is 17.2 Å². The lowest BCUT2D eigenvalue weighted by Crippen LogP contribution is -2.36. The van der Waals surface area contributed by atoms with Crippen molar-refractivity contribution in [3.8, 4) is 23.3 Å². The van der Waals surface area contributed by atoms with Crippen molar-refractivity contribution < 1.29 is 18.9 Å². The monoisotopic (exact) mass is 498 g/mol. The van der Waals surface area contributed by atoms with Crippen LogP contribution in [0.3, 0.4) is 0 Å². The van der Waals surface area contributed by atoms with E-state index in [0.29, 0.717) is 52.7 Å². The Kier molecular flexibility index (Phi) is 7.14. The Morgan fingerprint density at radius 1 is 1.00 bits per heavy atom. The van der Waals surface area contributed by atoms with Gasteiger partial charge in [0.1, 0.15) is 35.3 Å². The van der Waals surface area contributed by atoms with Crippen molar-refractivity contribution in [3.05, 3.63) is 66.1 Å². The highest BCUT2D eigenvalue weighted by atomic mass is 16.5. The molecule has 2 aromatic heterocycles. The van der Waals surface area contributed by atoms with Crippen LogP contribution in [0.2, 0.25) is 0 Å². The fraction of sp³-hybridized carbons (Fsp3) is 0.259. The molecule has 1 fully saturated rings. The average molecular weight is 499 g/mol. The van der Waals surface area contributed by atoms with Gasteiger partial charge in [0.2, 0.25) is 0 Å². The highest BCUT2D eigenvalue weighted by Gasteiger charge is 2.17. The van der Waals surface area contributed by atoms with Gasteiger partial charge in [-0.2, -0.15) is 5.26 Å². The van der Waals surface area contributed by atoms with Crippen molar-refractivity contribution in [2.24, 2.45) is 0 Å². The van der Waals surface area contributed by atoms with Crippen LogP contribution in [0.4, 0.5) is 17.2 Å². The average Bonchev–Trinajstić information content (AvgIpc) is 2.96. The molecule has 1 N–H and O–H groups in total. The third-order valence-corrected chi connectivity index (χ3v) is 6.00. The van der Waals surface area contributed by atoms with Crippen LogP contribution in [0.25, 0.3) is 11.0 Å². The van der Waals surface area contributed by atoms with Crippen LogP contribution in [0.1, 0.15) is 11.3 Å². The lowest BCUT2D eigenvalue weighted by Gasteiger charge is -2.27. The van der Waals surface area contributed by atoms with Crippen molar-refractivity contribution in [3.63, 3.8) is 0 Å². The molecule has 3 heterocycles. The number of aromatic nitrogens is 3. The third-order valence-electron chi connectivity index (χ3n) is 6.00. The minimum Gasteiger partial charge on any atom is -0.495 e. The second-order valence-electron chi connectivity index (χ2n) is 8.26. The first-order valence-corrected chi connectivity index (χ1v) is 11.8. The van der Waals surface area contributed by atoms with Crippen molar-refractivity contribution in [1.82, 2.24) is 15.0 Å². The van der Waals surface area contributed by atoms with E-state index < -0.39 is 0 Å². The molecule has 10 heteroatoms. The predicted octanol–water partition coefficient (Wildman–Crippen LogP) is 4.07. The molecule has 0 atom stereocenters. The van der Waals surface area contributed by atoms with E-state index >= 15 is 0 Å². The number of nitrogens with zero attached hydrogens (tertiary/aromatic N) is 5. The van der Waals surface area contributed by atoms with Crippen LogP contribution in [-0.2, 0) is 11.3 Å². The highest BCUT2D eigenvalue weighted by molar-refractivity contribution is 5.89. The van der Waals surface area contributed by atoms with Crippen LogP contribution in [0.15, 0.2) is 54.9 Å². The molecular weight excluding hydrogens is 472 g/mol. The Labute approximate surface area is 214 Å². The number of nitrogens with one attached hydrogen (secondary N) is 1. The summed E-state index contributed by atoms with van der Waals surface area (Å²) >= 11 is 0. The van der Waals surface area contributed by atoms with Gasteiger partial charge in [-0.05, 0) is 36.4 Å². The third kappa shape index (κ3) is 5.32. The van der Waals surface area contributed by atoms with Gasteiger partial charge in [0, 0.05) is 24.8 Å². The largest absolute Gasteiger partial charge is 0.495 e. The molecule has 0 aliphatic carbocycles. The Morgan fingerprint density at radius 2 is 1.86 bits per heavy atom. The summed E-state index contributed by atoms with van der Waals surface area (Å²) in [6, 6.07) is 15.1. The second-order valence-corrected chi connectivity index (χ2v) is 8.26. The molecule has 37 heavy (non-hydrogen) atoms. The summed E-state index contributed by atoms with van der Waals surface area (Å²) in [5, 5.41) is 13.3. The Hall–Kier alpha value is -4.62. The zero-order chi connectivity index (χ0) is 25.6. The van der Waals surface area contributed by atoms with Crippen LogP contribution in [0, 0.1) is 11.3 Å². The second kappa shape index (κ2) is 11.0. The number of fused-ring (bicyclic) bond motifs is 1. The summed E-state index contributed by atoms with van der Waals surface area (Å²) in [5.74, 6) is 2.54. The number of morpholine rings is 1. The van der Waals surface area contributed by atoms with Gasteiger partial charge < -0.3 is 29.2 Å². The summed E-state index contributed by atoms with van der Waals surface area (Å²) in [4.78, 5) is 15.7. The molecule has 0 bridgehead atoms. The fourth-order valence-corrected chi connectivity index (χ4v) is 4.02. The maximum Gasteiger partial charge on any atom is 0.162 e. The predicted molar refractivity (Wildman–Crippen MR) is 139 cm³/mol. The first kappa shape index (κ1) is 24.1. The maximum atomic E-state index is 10.0. The summed E-state index contributed by atoms with van der Waals surface area (Å²) in [7, 11) is 3.18. The summed E-state index contributed by atoms with van der Waals surface area (Å²) in [5.41, 5.74) is 3.76. The molecule has 1 aliphatic rings. The number of hydrogen-bond acceptors (Lipinski definition) is 10. The number of methoxy groups -OCH3 is 2. The van der Waals surface area contributed by atoms with E-state index in [0.717, 1.165) is 30.3 Å². The zero-order valence-corrected chi connectivity index (χ0v) is 20.6. The van der Waals surface area contributed by atoms with Crippen LogP contribution in [-0.4, -0.2) is 55.5 Å². The number of pyridine rings is 1. The first-order valence-electron chi connectivity index (χ1n) is 11.8. The number of nitriles is 1. The normalized spacial score (nSPS) is 13.2. The van der Waals surface area contributed by atoms with E-state index in [9.17, 15) is 5.26 Å². The molecular formula is C27H26N6O4. The molecule has 0 unspecified atom stereocenters. The Bertz CT molecular complexity index is 1430. The molecule has 0 saturated carbocycles. The number of ether oxygens (including phenoxy) is 4. The molecule has 0 amide bonds. The minimum absolute atomic E-state index is 0.278. The lowest BCUT2D eigenvalue weighted by molar-refractivity contribution is 0.122. The molecule has 5 rings (SSSR count). The molecule has 10 nitrogen and oxygen atoms in total. The topological polar surface area (TPSA) is 115 Å². The van der Waals surface area contributed by atoms with E-state index in [2.05, 4.69) is 26.3 Å². The number of anilines is 3. The van der Waals surface area contributed by atoms with E-state index in [4.69, 9.17) is 23.9 Å². The summed E-state index contributed by atoms with van der Waals surface area (Å²) in [6.07, 6.45) is 3.39. The molecule has 188 valence electrons. The van der Waals surface area contributed by atoms with E-state index in [-0.39, 0.29) is 6.61 Å². The number of rotatable bonds is 8. The van der Waals surface area contributed by atoms with Gasteiger partial charge in [0.15, 0.2) is 11.5 Å². The quantitative estimate of drug-likeness (QED) is 0.381. The van der Waals surface area contributed by atoms with Gasteiger partial charge in [-0.15, -0.1) is 0 Å². The summed E-state index contributed by atoms with van der Waals surface area (Å²) in [6.45, 7) is 3.04. The first-order chi connectivity index (χ1) is 18.2. The smallest absolute Gasteiger partial charge is 0.162 e. The molecule has 2 aromatic carbocycles. The van der Waals surface area contributed by atoms with Gasteiger partial charge >= 0.3 is 0 Å². The Balaban J connectivity index is 1.37. The summed E-state index contributed by atoms with van der Waals surface area (Å²) < 4.78 is 22.0. The van der Waals surface area contributed by atoms with Gasteiger partial charge in [-0.3, -0.25) is 9.97 Å². The molecule has 0 spiro atoms. The van der Waals surface area contributed by atoms with Crippen molar-refractivity contribution in [1.29, 1.82) is 5.26 Å². The van der Waals surface area contributed by atoms with Gasteiger partial charge in [0.25, 0.3) is 0 Å². The standard InChI is InChI=1S/C27H26N6O4/c1-34-20-5-3-19(29-15-20)17-37-24-8-4-18(13-25(24)35-2)31-22-6-7-23-27(21(22)14-28)32-26(16-30-23)33-9-11-36-12-10-33/h3-8,13,15-16,31H,9-12,17H2,1-2H3. The van der Waals surface area contributed by atoms with E-state index in [1.165, 1.54) is 0 Å². The Morgan fingerprint density at radius 3 is 2.59 bits per heavy atom. The minimum atomic E-state index is 0.278. The van der Waals surface area contributed by atoms with Gasteiger partial charge in [0.05, 0.1) is 56.7 Å². The lowest BCUT2D eigenvalue weighted by atomic mass is 10.1. The van der Waals surface area contributed by atoms with E-state index in [1.54, 1.807) is 26.6 Å². The van der Waals surface area contributed by atoms with Crippen molar-refractivity contribution in [2.45, 2.75) is 6.61 Å². The fourth-order valence-electron chi connectivity index (χ4n) is 4.02. The van der Waals surface area contributed by atoms with Gasteiger partial charge in [-0.1, -0.05) is 0 Å². The number of hydrogen-bond donors (Lipinski definition) is 1. The van der Waals surface area contributed by atoms with E-state index in [1.807, 2.05) is 42.5 Å². The van der Waals surface area contributed by atoms with Crippen molar-refractivity contribution >= 4 is 28.2 Å². The van der Waals surface area contributed by atoms with Crippen molar-refractivity contribution in [2.75, 3.05) is 50.7 Å². The highest BCUT2D eigenvalue weighted by Crippen LogP contribution is 2.34. The SMILES string of the molecule is COc1ccc(COc2ccc(Nc3ccc4ncc(N5CCOCC5)nc4c3C#N)cc2OC)nc1. The van der Waals surface area contributed by atoms with Crippen LogP contribution < -0.4 is 24.4 Å². The molecule has 4 aromatic rings. The zero-order valence-electron chi connectivity index (χ0n) is 20.6. The van der Waals surface area contributed by atoms with Gasteiger partial charge in [-0.25, -0.2) is 4.98 Å². The molecule has 1 aliphatic heterocycles. The number of benzene rings is 2. The molecule has 0 radical (unpaired) electrons. The molecule has 1 saturated heterocycles. The maximum absolute atomic E-state index is 10.0.